The second-order valence-corrected chi connectivity index (χ2v) is 8.83. The van der Waals surface area contributed by atoms with Gasteiger partial charge in [-0.1, -0.05) is 49.9 Å². The van der Waals surface area contributed by atoms with Crippen LogP contribution in [-0.2, 0) is 6.54 Å². The molecule has 0 radical (unpaired) electrons. The molecule has 0 aliphatic heterocycles. The van der Waals surface area contributed by atoms with Gasteiger partial charge in [-0.05, 0) is 37.1 Å². The topological polar surface area (TPSA) is 76.5 Å². The first-order valence-corrected chi connectivity index (χ1v) is 10.7. The van der Waals surface area contributed by atoms with E-state index in [1.165, 1.54) is 17.8 Å². The van der Waals surface area contributed by atoms with Crippen LogP contribution in [-0.4, -0.2) is 24.7 Å². The van der Waals surface area contributed by atoms with Crippen LogP contribution < -0.4 is 5.56 Å². The number of fused-ring (bicyclic) bond motifs is 1. The molecule has 2 aromatic carbocycles. The zero-order valence-electron chi connectivity index (χ0n) is 17.0. The third-order valence-corrected chi connectivity index (χ3v) is 5.77. The minimum Gasteiger partial charge on any atom is -0.309 e. The fourth-order valence-electron chi connectivity index (χ4n) is 3.26. The predicted octanol–water partition coefficient (Wildman–Crippen LogP) is 4.83. The van der Waals surface area contributed by atoms with E-state index < -0.39 is 0 Å². The molecule has 8 heteroatoms. The summed E-state index contributed by atoms with van der Waals surface area (Å²) in [6.45, 7) is 6.78. The molecule has 0 aliphatic carbocycles. The van der Waals surface area contributed by atoms with Crippen molar-refractivity contribution in [3.8, 4) is 11.4 Å². The summed E-state index contributed by atoms with van der Waals surface area (Å²) in [5, 5.41) is 9.64. The Labute approximate surface area is 177 Å². The number of nitrogens with one attached hydrogen (secondary N) is 1. The number of hydrogen-bond acceptors (Lipinski definition) is 5. The Morgan fingerprint density at radius 2 is 1.80 bits per heavy atom. The number of nitrogens with zero attached hydrogens (tertiary/aromatic N) is 4. The molecular formula is C22H22FN5OS. The van der Waals surface area contributed by atoms with Crippen LogP contribution in [0.2, 0.25) is 0 Å². The first-order valence-electron chi connectivity index (χ1n) is 9.77. The quantitative estimate of drug-likeness (QED) is 0.450. The van der Waals surface area contributed by atoms with Crippen molar-refractivity contribution in [1.82, 2.24) is 24.7 Å². The second-order valence-electron chi connectivity index (χ2n) is 7.52. The van der Waals surface area contributed by atoms with Gasteiger partial charge in [0.1, 0.15) is 11.6 Å². The van der Waals surface area contributed by atoms with Gasteiger partial charge in [-0.3, -0.25) is 4.79 Å². The fraction of sp³-hybridized carbons (Fsp3) is 0.273. The number of H-pyrrole nitrogens is 1. The lowest BCUT2D eigenvalue weighted by atomic mass is 10.2. The summed E-state index contributed by atoms with van der Waals surface area (Å²) in [6.07, 6.45) is 0. The van der Waals surface area contributed by atoms with Crippen molar-refractivity contribution in [2.45, 2.75) is 37.7 Å². The van der Waals surface area contributed by atoms with Gasteiger partial charge in [0.25, 0.3) is 5.56 Å². The molecule has 1 N–H and O–H groups in total. The van der Waals surface area contributed by atoms with Crippen molar-refractivity contribution < 1.29 is 4.39 Å². The Morgan fingerprint density at radius 3 is 2.57 bits per heavy atom. The van der Waals surface area contributed by atoms with Crippen molar-refractivity contribution in [2.24, 2.45) is 5.92 Å². The molecular weight excluding hydrogens is 401 g/mol. The molecule has 0 fully saturated rings. The maximum Gasteiger partial charge on any atom is 0.258 e. The van der Waals surface area contributed by atoms with Crippen LogP contribution in [0.5, 0.6) is 0 Å². The Kier molecular flexibility index (Phi) is 5.67. The second kappa shape index (κ2) is 8.39. The average molecular weight is 424 g/mol. The number of halogens is 1. The third-order valence-electron chi connectivity index (χ3n) is 4.68. The molecule has 4 aromatic rings. The summed E-state index contributed by atoms with van der Waals surface area (Å²) in [5.41, 5.74) is 0.903. The highest BCUT2D eigenvalue weighted by atomic mass is 32.2. The van der Waals surface area contributed by atoms with E-state index in [0.717, 1.165) is 0 Å². The van der Waals surface area contributed by atoms with E-state index in [0.29, 0.717) is 45.7 Å². The fourth-order valence-corrected chi connectivity index (χ4v) is 4.17. The Balaban J connectivity index is 1.71. The summed E-state index contributed by atoms with van der Waals surface area (Å²) >= 11 is 1.44. The van der Waals surface area contributed by atoms with Crippen LogP contribution in [0.3, 0.4) is 0 Å². The molecule has 30 heavy (non-hydrogen) atoms. The minimum absolute atomic E-state index is 0.168. The summed E-state index contributed by atoms with van der Waals surface area (Å²) in [5.74, 6) is 1.05. The van der Waals surface area contributed by atoms with Crippen LogP contribution in [0.15, 0.2) is 58.5 Å². The van der Waals surface area contributed by atoms with Gasteiger partial charge >= 0.3 is 0 Å². The molecule has 0 amide bonds. The number of rotatable bonds is 6. The maximum absolute atomic E-state index is 14.4. The Hall–Kier alpha value is -3.00. The first kappa shape index (κ1) is 20.3. The summed E-state index contributed by atoms with van der Waals surface area (Å²) in [6, 6.07) is 13.8. The van der Waals surface area contributed by atoms with Crippen LogP contribution in [0.1, 0.15) is 31.8 Å². The van der Waals surface area contributed by atoms with E-state index in [-0.39, 0.29) is 16.6 Å². The molecule has 2 heterocycles. The van der Waals surface area contributed by atoms with Gasteiger partial charge in [-0.25, -0.2) is 9.37 Å². The number of aromatic nitrogens is 5. The summed E-state index contributed by atoms with van der Waals surface area (Å²) in [4.78, 5) is 19.9. The highest BCUT2D eigenvalue weighted by Gasteiger charge is 2.21. The monoisotopic (exact) mass is 423 g/mol. The number of benzene rings is 2. The molecule has 0 aliphatic rings. The van der Waals surface area contributed by atoms with E-state index in [9.17, 15) is 9.18 Å². The van der Waals surface area contributed by atoms with Crippen molar-refractivity contribution in [3.63, 3.8) is 0 Å². The molecule has 1 atom stereocenters. The van der Waals surface area contributed by atoms with E-state index in [4.69, 9.17) is 0 Å². The van der Waals surface area contributed by atoms with Crippen molar-refractivity contribution >= 4 is 22.7 Å². The van der Waals surface area contributed by atoms with Gasteiger partial charge in [0, 0.05) is 6.54 Å². The van der Waals surface area contributed by atoms with Gasteiger partial charge in [0.2, 0.25) is 0 Å². The highest BCUT2D eigenvalue weighted by molar-refractivity contribution is 7.99. The Bertz CT molecular complexity index is 1250. The smallest absolute Gasteiger partial charge is 0.258 e. The van der Waals surface area contributed by atoms with E-state index in [1.807, 2.05) is 29.7 Å². The zero-order valence-corrected chi connectivity index (χ0v) is 17.8. The predicted molar refractivity (Wildman–Crippen MR) is 117 cm³/mol. The van der Waals surface area contributed by atoms with Gasteiger partial charge < -0.3 is 9.55 Å². The van der Waals surface area contributed by atoms with Gasteiger partial charge in [0.15, 0.2) is 11.0 Å². The molecule has 0 saturated carbocycles. The molecule has 0 spiro atoms. The lowest BCUT2D eigenvalue weighted by molar-refractivity contribution is 0.496. The average Bonchev–Trinajstić information content (AvgIpc) is 3.09. The number of aromatic amines is 1. The molecule has 6 nitrogen and oxygen atoms in total. The van der Waals surface area contributed by atoms with Crippen LogP contribution in [0.25, 0.3) is 22.3 Å². The molecule has 0 saturated heterocycles. The lowest BCUT2D eigenvalue weighted by Gasteiger charge is -2.15. The Morgan fingerprint density at radius 1 is 1.07 bits per heavy atom. The molecule has 4 rings (SSSR count). The number of thioether (sulfide) groups is 1. The normalized spacial score (nSPS) is 12.6. The van der Waals surface area contributed by atoms with Crippen molar-refractivity contribution in [2.75, 3.05) is 0 Å². The number of hydrogen-bond donors (Lipinski definition) is 1. The van der Waals surface area contributed by atoms with E-state index >= 15 is 0 Å². The maximum atomic E-state index is 14.4. The van der Waals surface area contributed by atoms with Crippen molar-refractivity contribution in [3.05, 3.63) is 70.5 Å². The van der Waals surface area contributed by atoms with Gasteiger partial charge in [-0.2, -0.15) is 0 Å². The van der Waals surface area contributed by atoms with Crippen LogP contribution >= 0.6 is 11.8 Å². The highest BCUT2D eigenvalue weighted by Crippen LogP contribution is 2.34. The van der Waals surface area contributed by atoms with Gasteiger partial charge in [-0.15, -0.1) is 10.2 Å². The van der Waals surface area contributed by atoms with Gasteiger partial charge in [0.05, 0.1) is 21.7 Å². The van der Waals surface area contributed by atoms with E-state index in [1.54, 1.807) is 24.3 Å². The summed E-state index contributed by atoms with van der Waals surface area (Å²) in [7, 11) is 0. The van der Waals surface area contributed by atoms with E-state index in [2.05, 4.69) is 34.0 Å². The third kappa shape index (κ3) is 4.00. The first-order chi connectivity index (χ1) is 14.4. The molecule has 154 valence electrons. The largest absolute Gasteiger partial charge is 0.309 e. The standard InChI is InChI=1S/C22H22FN5OS/c1-13(2)12-28-20(15-8-4-6-10-17(15)23)26-27-22(28)30-14(3)19-24-18-11-7-5-9-16(18)21(29)25-19/h4-11,13-14H,12H2,1-3H3,(H,24,25,29). The van der Waals surface area contributed by atoms with Crippen LogP contribution in [0.4, 0.5) is 4.39 Å². The molecule has 1 unspecified atom stereocenters. The minimum atomic E-state index is -0.333. The SMILES string of the molecule is CC(C)Cn1c(SC(C)c2nc3ccccc3c(=O)[nH]2)nnc1-c1ccccc1F. The number of para-hydroxylation sites is 1. The molecule has 2 aromatic heterocycles. The zero-order chi connectivity index (χ0) is 21.3. The lowest BCUT2D eigenvalue weighted by Crippen LogP contribution is -2.13. The molecule has 0 bridgehead atoms. The summed E-state index contributed by atoms with van der Waals surface area (Å²) < 4.78 is 16.3. The van der Waals surface area contributed by atoms with Crippen LogP contribution in [0, 0.1) is 11.7 Å². The van der Waals surface area contributed by atoms with Crippen molar-refractivity contribution in [1.29, 1.82) is 0 Å².